The average Bonchev–Trinajstić information content (AvgIpc) is 3.10. The van der Waals surface area contributed by atoms with E-state index >= 15 is 0 Å². The zero-order chi connectivity index (χ0) is 16.8. The summed E-state index contributed by atoms with van der Waals surface area (Å²) >= 11 is 0. The van der Waals surface area contributed by atoms with Crippen molar-refractivity contribution in [1.82, 2.24) is 10.6 Å². The average molecular weight is 332 g/mol. The lowest BCUT2D eigenvalue weighted by atomic mass is 9.78. The van der Waals surface area contributed by atoms with Gasteiger partial charge in [0.15, 0.2) is 11.5 Å². The van der Waals surface area contributed by atoms with Gasteiger partial charge in [-0.2, -0.15) is 0 Å². The number of hydrogen-bond donors (Lipinski definition) is 2. The van der Waals surface area contributed by atoms with Gasteiger partial charge >= 0.3 is 0 Å². The number of nitrogens with one attached hydrogen (secondary N) is 2. The third-order valence-corrected chi connectivity index (χ3v) is 5.17. The fraction of sp³-hybridized carbons (Fsp3) is 0.632. The predicted molar refractivity (Wildman–Crippen MR) is 93.7 cm³/mol. The first-order valence-corrected chi connectivity index (χ1v) is 9.05. The Balaban J connectivity index is 1.68. The molecule has 132 valence electrons. The Morgan fingerprint density at radius 1 is 1.17 bits per heavy atom. The highest BCUT2D eigenvalue weighted by Crippen LogP contribution is 2.43. The van der Waals surface area contributed by atoms with E-state index in [1.165, 1.54) is 18.4 Å². The van der Waals surface area contributed by atoms with Gasteiger partial charge in [0.05, 0.1) is 0 Å². The molecule has 0 radical (unpaired) electrons. The molecule has 0 bridgehead atoms. The van der Waals surface area contributed by atoms with Crippen molar-refractivity contribution >= 4 is 5.91 Å². The highest BCUT2D eigenvalue weighted by Gasteiger charge is 2.36. The molecule has 2 aliphatic rings. The molecule has 1 aromatic carbocycles. The number of fused-ring (bicyclic) bond motifs is 1. The summed E-state index contributed by atoms with van der Waals surface area (Å²) in [6, 6.07) is 6.28. The Bertz CT molecular complexity index is 568. The Kier molecular flexibility index (Phi) is 5.61. The molecule has 1 heterocycles. The van der Waals surface area contributed by atoms with Gasteiger partial charge in [-0.15, -0.1) is 0 Å². The van der Waals surface area contributed by atoms with Crippen LogP contribution in [0, 0.1) is 0 Å². The molecule has 0 saturated heterocycles. The Hall–Kier alpha value is -1.75. The molecule has 3 rings (SSSR count). The smallest absolute Gasteiger partial charge is 0.220 e. The van der Waals surface area contributed by atoms with Crippen molar-refractivity contribution < 1.29 is 14.3 Å². The minimum Gasteiger partial charge on any atom is -0.486 e. The number of benzene rings is 1. The van der Waals surface area contributed by atoms with Crippen LogP contribution in [-0.2, 0) is 10.2 Å². The maximum atomic E-state index is 12.1. The van der Waals surface area contributed by atoms with Crippen LogP contribution in [0.15, 0.2) is 18.2 Å². The minimum atomic E-state index is 0.0362. The van der Waals surface area contributed by atoms with E-state index in [4.69, 9.17) is 9.47 Å². The number of ether oxygens (including phenoxy) is 2. The predicted octanol–water partition coefficient (Wildman–Crippen LogP) is 2.39. The second-order valence-electron chi connectivity index (χ2n) is 6.83. The summed E-state index contributed by atoms with van der Waals surface area (Å²) in [6.45, 7) is 2.80. The Labute approximate surface area is 144 Å². The van der Waals surface area contributed by atoms with Gasteiger partial charge in [-0.05, 0) is 50.6 Å². The minimum absolute atomic E-state index is 0.0362. The Morgan fingerprint density at radius 3 is 2.67 bits per heavy atom. The second-order valence-corrected chi connectivity index (χ2v) is 6.83. The van der Waals surface area contributed by atoms with Crippen molar-refractivity contribution in [2.75, 3.05) is 33.4 Å². The molecule has 0 aromatic heterocycles. The van der Waals surface area contributed by atoms with Crippen LogP contribution in [0.4, 0.5) is 0 Å². The normalized spacial score (nSPS) is 18.4. The van der Waals surface area contributed by atoms with Gasteiger partial charge < -0.3 is 20.1 Å². The summed E-state index contributed by atoms with van der Waals surface area (Å²) in [5.41, 5.74) is 1.30. The fourth-order valence-corrected chi connectivity index (χ4v) is 3.77. The first-order valence-electron chi connectivity index (χ1n) is 9.05. The van der Waals surface area contributed by atoms with E-state index in [2.05, 4.69) is 22.8 Å². The summed E-state index contributed by atoms with van der Waals surface area (Å²) in [6.07, 6.45) is 6.11. The van der Waals surface area contributed by atoms with Gasteiger partial charge in [0.1, 0.15) is 13.2 Å². The molecule has 1 aliphatic heterocycles. The number of hydrogen-bond acceptors (Lipinski definition) is 4. The van der Waals surface area contributed by atoms with Crippen LogP contribution in [0.2, 0.25) is 0 Å². The molecule has 1 aliphatic carbocycles. The molecule has 0 atom stereocenters. The molecule has 1 saturated carbocycles. The number of carbonyl (C=O) groups is 1. The van der Waals surface area contributed by atoms with E-state index < -0.39 is 0 Å². The summed E-state index contributed by atoms with van der Waals surface area (Å²) in [5.74, 6) is 1.81. The van der Waals surface area contributed by atoms with Crippen molar-refractivity contribution in [2.45, 2.75) is 43.9 Å². The lowest BCUT2D eigenvalue weighted by Gasteiger charge is -2.31. The molecule has 2 N–H and O–H groups in total. The molecule has 24 heavy (non-hydrogen) atoms. The third-order valence-electron chi connectivity index (χ3n) is 5.17. The zero-order valence-corrected chi connectivity index (χ0v) is 14.5. The maximum Gasteiger partial charge on any atom is 0.220 e. The van der Waals surface area contributed by atoms with Crippen LogP contribution in [-0.4, -0.2) is 39.3 Å². The molecular weight excluding hydrogens is 304 g/mol. The van der Waals surface area contributed by atoms with Gasteiger partial charge in [0, 0.05) is 18.4 Å². The van der Waals surface area contributed by atoms with E-state index in [1.807, 2.05) is 13.1 Å². The zero-order valence-electron chi connectivity index (χ0n) is 14.5. The van der Waals surface area contributed by atoms with Crippen molar-refractivity contribution in [3.8, 4) is 11.5 Å². The van der Waals surface area contributed by atoms with E-state index in [1.54, 1.807) is 0 Å². The standard InChI is InChI=1S/C19H28N2O3/c1-20-10-4-5-18(22)21-14-19(8-2-3-9-19)15-6-7-16-17(13-15)24-12-11-23-16/h6-7,13,20H,2-5,8-12,14H2,1H3,(H,21,22). The van der Waals surface area contributed by atoms with E-state index in [-0.39, 0.29) is 11.3 Å². The molecule has 1 amide bonds. The van der Waals surface area contributed by atoms with Crippen LogP contribution < -0.4 is 20.1 Å². The highest BCUT2D eigenvalue weighted by molar-refractivity contribution is 5.76. The van der Waals surface area contributed by atoms with Crippen molar-refractivity contribution in [2.24, 2.45) is 0 Å². The summed E-state index contributed by atoms with van der Waals surface area (Å²) in [5, 5.41) is 6.24. The monoisotopic (exact) mass is 332 g/mol. The first kappa shape index (κ1) is 17.1. The number of amides is 1. The highest BCUT2D eigenvalue weighted by atomic mass is 16.6. The van der Waals surface area contributed by atoms with Crippen LogP contribution in [0.25, 0.3) is 0 Å². The second kappa shape index (κ2) is 7.88. The molecule has 1 aromatic rings. The van der Waals surface area contributed by atoms with Crippen LogP contribution in [0.3, 0.4) is 0 Å². The summed E-state index contributed by atoms with van der Waals surface area (Å²) in [7, 11) is 1.91. The van der Waals surface area contributed by atoms with Gasteiger partial charge in [-0.25, -0.2) is 0 Å². The van der Waals surface area contributed by atoms with E-state index in [0.29, 0.717) is 26.2 Å². The SMILES string of the molecule is CNCCCC(=O)NCC1(c2ccc3c(c2)OCCO3)CCCC1. The lowest BCUT2D eigenvalue weighted by molar-refractivity contribution is -0.121. The maximum absolute atomic E-state index is 12.1. The first-order chi connectivity index (χ1) is 11.7. The summed E-state index contributed by atoms with van der Waals surface area (Å²) in [4.78, 5) is 12.1. The summed E-state index contributed by atoms with van der Waals surface area (Å²) < 4.78 is 11.4. The molecule has 5 nitrogen and oxygen atoms in total. The van der Waals surface area contributed by atoms with Crippen LogP contribution in [0.5, 0.6) is 11.5 Å². The molecular formula is C19H28N2O3. The molecule has 0 unspecified atom stereocenters. The third kappa shape index (κ3) is 3.83. The van der Waals surface area contributed by atoms with Crippen molar-refractivity contribution in [3.05, 3.63) is 23.8 Å². The van der Waals surface area contributed by atoms with Crippen LogP contribution >= 0.6 is 0 Å². The van der Waals surface area contributed by atoms with Gasteiger partial charge in [0.25, 0.3) is 0 Å². The number of rotatable bonds is 7. The van der Waals surface area contributed by atoms with Crippen molar-refractivity contribution in [1.29, 1.82) is 0 Å². The van der Waals surface area contributed by atoms with Gasteiger partial charge in [-0.1, -0.05) is 18.9 Å². The molecule has 0 spiro atoms. The van der Waals surface area contributed by atoms with E-state index in [9.17, 15) is 4.79 Å². The molecule has 1 fully saturated rings. The van der Waals surface area contributed by atoms with Gasteiger partial charge in [-0.3, -0.25) is 4.79 Å². The topological polar surface area (TPSA) is 59.6 Å². The number of carbonyl (C=O) groups excluding carboxylic acids is 1. The largest absolute Gasteiger partial charge is 0.486 e. The van der Waals surface area contributed by atoms with Gasteiger partial charge in [0.2, 0.25) is 5.91 Å². The van der Waals surface area contributed by atoms with E-state index in [0.717, 1.165) is 37.3 Å². The lowest BCUT2D eigenvalue weighted by Crippen LogP contribution is -2.39. The quantitative estimate of drug-likeness (QED) is 0.753. The van der Waals surface area contributed by atoms with Crippen molar-refractivity contribution in [3.63, 3.8) is 0 Å². The Morgan fingerprint density at radius 2 is 1.92 bits per heavy atom. The molecule has 5 heteroatoms. The fourth-order valence-electron chi connectivity index (χ4n) is 3.77. The van der Waals surface area contributed by atoms with Crippen LogP contribution in [0.1, 0.15) is 44.1 Å².